The van der Waals surface area contributed by atoms with Gasteiger partial charge in [0.15, 0.2) is 11.5 Å². The van der Waals surface area contributed by atoms with Gasteiger partial charge in [-0.2, -0.15) is 0 Å². The Bertz CT molecular complexity index is 1010. The van der Waals surface area contributed by atoms with E-state index >= 15 is 0 Å². The van der Waals surface area contributed by atoms with Gasteiger partial charge in [0.25, 0.3) is 0 Å². The van der Waals surface area contributed by atoms with Gasteiger partial charge in [-0.15, -0.1) is 0 Å². The number of ketones is 2. The molecule has 3 saturated carbocycles. The first kappa shape index (κ1) is 22.1. The maximum atomic E-state index is 13.6. The zero-order valence-electron chi connectivity index (χ0n) is 20.4. The van der Waals surface area contributed by atoms with Crippen LogP contribution in [0.5, 0.6) is 0 Å². The molecule has 0 aromatic carbocycles. The summed E-state index contributed by atoms with van der Waals surface area (Å²) in [6.07, 6.45) is 8.43. The van der Waals surface area contributed by atoms with Crippen LogP contribution in [0.4, 0.5) is 0 Å². The van der Waals surface area contributed by atoms with Crippen LogP contribution in [0.25, 0.3) is 0 Å². The van der Waals surface area contributed by atoms with Crippen LogP contribution in [0.15, 0.2) is 34.6 Å². The third kappa shape index (κ3) is 2.48. The minimum absolute atomic E-state index is 0.0342. The standard InChI is InChI=1S/C28H38O4/c1-15-18-10-12-27(5)21(26(18,4)14-20(29)22(15)30)8-7-19-17-13-25(2,3)11-9-16(17)23(31)24(32)28(19,27)6/h7,14,16-17,21,24,29,32H,8-13H2,1-6H3/t16?,17?,21-,24+,26+,27-,28+/m1/s1. The molecule has 4 nitrogen and oxygen atoms in total. The Hall–Kier alpha value is -1.68. The summed E-state index contributed by atoms with van der Waals surface area (Å²) in [5, 5.41) is 22.1. The molecule has 7 atom stereocenters. The topological polar surface area (TPSA) is 74.6 Å². The predicted octanol–water partition coefficient (Wildman–Crippen LogP) is 5.47. The van der Waals surface area contributed by atoms with Gasteiger partial charge in [0.2, 0.25) is 5.78 Å². The first-order valence-corrected chi connectivity index (χ1v) is 12.4. The average Bonchev–Trinajstić information content (AvgIpc) is 2.70. The molecular formula is C28H38O4. The lowest BCUT2D eigenvalue weighted by molar-refractivity contribution is -0.168. The van der Waals surface area contributed by atoms with E-state index in [9.17, 15) is 19.8 Å². The van der Waals surface area contributed by atoms with E-state index in [1.165, 1.54) is 5.57 Å². The quantitative estimate of drug-likeness (QED) is 0.492. The van der Waals surface area contributed by atoms with Gasteiger partial charge in [0.1, 0.15) is 6.10 Å². The van der Waals surface area contributed by atoms with E-state index in [-0.39, 0.29) is 45.9 Å². The molecule has 0 spiro atoms. The van der Waals surface area contributed by atoms with Gasteiger partial charge in [0, 0.05) is 22.3 Å². The first-order valence-electron chi connectivity index (χ1n) is 12.4. The number of allylic oxidation sites excluding steroid dienone is 4. The number of aliphatic hydroxyl groups is 2. The maximum Gasteiger partial charge on any atom is 0.222 e. The number of fused-ring (bicyclic) bond motifs is 7. The Labute approximate surface area is 191 Å². The van der Waals surface area contributed by atoms with Gasteiger partial charge in [0.05, 0.1) is 0 Å². The molecule has 32 heavy (non-hydrogen) atoms. The maximum absolute atomic E-state index is 13.6. The molecule has 2 N–H and O–H groups in total. The molecule has 0 radical (unpaired) electrons. The lowest BCUT2D eigenvalue weighted by Crippen LogP contribution is -2.65. The summed E-state index contributed by atoms with van der Waals surface area (Å²) in [4.78, 5) is 26.1. The zero-order valence-corrected chi connectivity index (χ0v) is 20.4. The summed E-state index contributed by atoms with van der Waals surface area (Å²) in [5.74, 6) is -0.140. The third-order valence-corrected chi connectivity index (χ3v) is 10.8. The van der Waals surface area contributed by atoms with Crippen molar-refractivity contribution in [1.29, 1.82) is 0 Å². The minimum atomic E-state index is -0.998. The average molecular weight is 439 g/mol. The zero-order chi connectivity index (χ0) is 23.4. The number of carbonyl (C=O) groups excluding carboxylic acids is 2. The van der Waals surface area contributed by atoms with E-state index in [0.29, 0.717) is 5.57 Å². The highest BCUT2D eigenvalue weighted by molar-refractivity contribution is 6.08. The summed E-state index contributed by atoms with van der Waals surface area (Å²) in [6, 6.07) is 0. The van der Waals surface area contributed by atoms with Crippen molar-refractivity contribution in [3.8, 4) is 0 Å². The van der Waals surface area contributed by atoms with E-state index in [4.69, 9.17) is 0 Å². The Morgan fingerprint density at radius 1 is 1.03 bits per heavy atom. The van der Waals surface area contributed by atoms with Crippen molar-refractivity contribution >= 4 is 11.6 Å². The molecule has 5 aliphatic carbocycles. The SMILES string of the molecule is CC1=C2CC[C@]3(C)[C@H](CC=C4C5CC(C)(C)CCC5C(=O)[C@H](O)[C@]43C)[C@@]2(C)C=C(O)C1=O. The Morgan fingerprint density at radius 3 is 2.41 bits per heavy atom. The monoisotopic (exact) mass is 438 g/mol. The van der Waals surface area contributed by atoms with Crippen LogP contribution in [0.2, 0.25) is 0 Å². The lowest BCUT2D eigenvalue weighted by Gasteiger charge is -2.67. The predicted molar refractivity (Wildman–Crippen MR) is 124 cm³/mol. The van der Waals surface area contributed by atoms with E-state index in [1.54, 1.807) is 6.08 Å². The van der Waals surface area contributed by atoms with Crippen LogP contribution < -0.4 is 0 Å². The van der Waals surface area contributed by atoms with Gasteiger partial charge in [-0.3, -0.25) is 9.59 Å². The largest absolute Gasteiger partial charge is 0.504 e. The summed E-state index contributed by atoms with van der Waals surface area (Å²) in [5.41, 5.74) is 1.90. The van der Waals surface area contributed by atoms with Crippen LogP contribution in [-0.4, -0.2) is 27.9 Å². The fraction of sp³-hybridized carbons (Fsp3) is 0.714. The molecule has 2 unspecified atom stereocenters. The van der Waals surface area contributed by atoms with Crippen LogP contribution in [0.3, 0.4) is 0 Å². The number of rotatable bonds is 0. The first-order chi connectivity index (χ1) is 14.8. The van der Waals surface area contributed by atoms with Crippen molar-refractivity contribution in [2.45, 2.75) is 86.2 Å². The summed E-state index contributed by atoms with van der Waals surface area (Å²) in [7, 11) is 0. The van der Waals surface area contributed by atoms with E-state index in [2.05, 4.69) is 40.7 Å². The molecule has 174 valence electrons. The van der Waals surface area contributed by atoms with Crippen LogP contribution >= 0.6 is 0 Å². The van der Waals surface area contributed by atoms with Crippen molar-refractivity contribution in [1.82, 2.24) is 0 Å². The number of Topliss-reactive ketones (excluding diaryl/α,β-unsaturated/α-hetero) is 2. The summed E-state index contributed by atoms with van der Waals surface area (Å²) in [6.45, 7) is 13.0. The number of hydrogen-bond donors (Lipinski definition) is 2. The van der Waals surface area contributed by atoms with Crippen LogP contribution in [-0.2, 0) is 9.59 Å². The highest BCUT2D eigenvalue weighted by Gasteiger charge is 2.68. The second-order valence-corrected chi connectivity index (χ2v) is 12.7. The molecule has 0 amide bonds. The van der Waals surface area contributed by atoms with Crippen molar-refractivity contribution in [3.63, 3.8) is 0 Å². The van der Waals surface area contributed by atoms with Crippen molar-refractivity contribution in [3.05, 3.63) is 34.6 Å². The molecule has 0 aromatic heterocycles. The molecule has 0 heterocycles. The second kappa shape index (κ2) is 6.46. The van der Waals surface area contributed by atoms with Crippen molar-refractivity contribution in [2.24, 2.45) is 39.4 Å². The number of carbonyl (C=O) groups is 2. The molecule has 0 aliphatic heterocycles. The van der Waals surface area contributed by atoms with E-state index in [0.717, 1.165) is 44.1 Å². The number of aliphatic hydroxyl groups excluding tert-OH is 2. The Morgan fingerprint density at radius 2 is 1.72 bits per heavy atom. The van der Waals surface area contributed by atoms with Crippen LogP contribution in [0.1, 0.15) is 80.1 Å². The third-order valence-electron chi connectivity index (χ3n) is 10.8. The van der Waals surface area contributed by atoms with Crippen LogP contribution in [0, 0.1) is 39.4 Å². The number of hydrogen-bond acceptors (Lipinski definition) is 4. The smallest absolute Gasteiger partial charge is 0.222 e. The summed E-state index contributed by atoms with van der Waals surface area (Å²) < 4.78 is 0. The fourth-order valence-electron chi connectivity index (χ4n) is 8.82. The Kier molecular flexibility index (Phi) is 4.47. The normalized spacial score (nSPS) is 47.6. The second-order valence-electron chi connectivity index (χ2n) is 12.7. The molecule has 5 rings (SSSR count). The molecule has 0 saturated heterocycles. The van der Waals surface area contributed by atoms with Gasteiger partial charge in [-0.25, -0.2) is 0 Å². The van der Waals surface area contributed by atoms with Gasteiger partial charge in [-0.1, -0.05) is 51.8 Å². The molecule has 4 heteroatoms. The molecular weight excluding hydrogens is 400 g/mol. The van der Waals surface area contributed by atoms with E-state index in [1.807, 2.05) is 6.92 Å². The highest BCUT2D eigenvalue weighted by atomic mass is 16.3. The van der Waals surface area contributed by atoms with Crippen molar-refractivity contribution in [2.75, 3.05) is 0 Å². The fourth-order valence-corrected chi connectivity index (χ4v) is 8.82. The van der Waals surface area contributed by atoms with Crippen molar-refractivity contribution < 1.29 is 19.8 Å². The Balaban J connectivity index is 1.68. The lowest BCUT2D eigenvalue weighted by atomic mass is 9.37. The molecule has 0 aromatic rings. The highest BCUT2D eigenvalue weighted by Crippen LogP contribution is 2.71. The van der Waals surface area contributed by atoms with E-state index < -0.39 is 16.9 Å². The molecule has 5 aliphatic rings. The molecule has 0 bridgehead atoms. The van der Waals surface area contributed by atoms with Gasteiger partial charge in [-0.05, 0) is 74.2 Å². The summed E-state index contributed by atoms with van der Waals surface area (Å²) >= 11 is 0. The molecule has 3 fully saturated rings. The minimum Gasteiger partial charge on any atom is -0.504 e. The van der Waals surface area contributed by atoms with Gasteiger partial charge < -0.3 is 10.2 Å². The van der Waals surface area contributed by atoms with Gasteiger partial charge >= 0.3 is 0 Å².